The van der Waals surface area contributed by atoms with E-state index in [1.165, 1.54) is 0 Å². The molecule has 0 fully saturated rings. The van der Waals surface area contributed by atoms with Crippen LogP contribution in [0.5, 0.6) is 11.5 Å². The Bertz CT molecular complexity index is 990. The summed E-state index contributed by atoms with van der Waals surface area (Å²) in [6, 6.07) is 20.0. The second-order valence-electron chi connectivity index (χ2n) is 6.33. The predicted molar refractivity (Wildman–Crippen MR) is 114 cm³/mol. The van der Waals surface area contributed by atoms with E-state index in [0.29, 0.717) is 36.3 Å². The highest BCUT2D eigenvalue weighted by molar-refractivity contribution is 6.31. The van der Waals surface area contributed by atoms with E-state index in [1.807, 2.05) is 55.5 Å². The van der Waals surface area contributed by atoms with Gasteiger partial charge < -0.3 is 19.9 Å². The fraction of sp³-hybridized carbons (Fsp3) is 0.174. The molecule has 0 saturated heterocycles. The van der Waals surface area contributed by atoms with E-state index in [4.69, 9.17) is 26.2 Å². The number of ether oxygens (including phenoxy) is 2. The first-order valence-electron chi connectivity index (χ1n) is 9.26. The molecule has 0 unspecified atom stereocenters. The summed E-state index contributed by atoms with van der Waals surface area (Å²) in [5, 5.41) is 13.0. The van der Waals surface area contributed by atoms with Gasteiger partial charge in [-0.25, -0.2) is 4.79 Å². The monoisotopic (exact) mass is 411 g/mol. The number of rotatable bonds is 9. The molecule has 0 aromatic heterocycles. The molecule has 0 atom stereocenters. The highest BCUT2D eigenvalue weighted by Gasteiger charge is 2.09. The largest absolute Gasteiger partial charge is 0.490 e. The molecule has 0 aliphatic carbocycles. The van der Waals surface area contributed by atoms with Crippen LogP contribution >= 0.6 is 11.6 Å². The van der Waals surface area contributed by atoms with Crippen LogP contribution in [-0.2, 0) is 13.2 Å². The van der Waals surface area contributed by atoms with Gasteiger partial charge in [0.2, 0.25) is 0 Å². The van der Waals surface area contributed by atoms with Gasteiger partial charge in [-0.05, 0) is 48.9 Å². The number of hydrogen-bond acceptors (Lipinski definition) is 4. The summed E-state index contributed by atoms with van der Waals surface area (Å²) in [4.78, 5) is 11.1. The molecule has 6 heteroatoms. The van der Waals surface area contributed by atoms with Crippen molar-refractivity contribution in [3.05, 3.63) is 88.4 Å². The van der Waals surface area contributed by atoms with Crippen LogP contribution in [0.2, 0.25) is 5.02 Å². The Morgan fingerprint density at radius 3 is 2.59 bits per heavy atom. The normalized spacial score (nSPS) is 10.4. The van der Waals surface area contributed by atoms with Crippen molar-refractivity contribution in [3.63, 3.8) is 0 Å². The van der Waals surface area contributed by atoms with Gasteiger partial charge in [-0.3, -0.25) is 0 Å². The molecule has 0 amide bonds. The van der Waals surface area contributed by atoms with Crippen molar-refractivity contribution in [3.8, 4) is 11.5 Å². The zero-order valence-electron chi connectivity index (χ0n) is 16.0. The van der Waals surface area contributed by atoms with Crippen molar-refractivity contribution in [2.75, 3.05) is 11.9 Å². The maximum atomic E-state index is 11.1. The Balaban J connectivity index is 1.69. The number of aromatic carboxylic acids is 1. The quantitative estimate of drug-likeness (QED) is 0.477. The summed E-state index contributed by atoms with van der Waals surface area (Å²) in [6.07, 6.45) is 0. The van der Waals surface area contributed by atoms with Crippen molar-refractivity contribution in [2.24, 2.45) is 0 Å². The lowest BCUT2D eigenvalue weighted by Gasteiger charge is -2.15. The van der Waals surface area contributed by atoms with Crippen LogP contribution in [0.15, 0.2) is 66.7 Å². The number of carboxylic acids is 1. The summed E-state index contributed by atoms with van der Waals surface area (Å²) in [5.74, 6) is 0.342. The van der Waals surface area contributed by atoms with E-state index in [0.717, 1.165) is 16.8 Å². The summed E-state index contributed by atoms with van der Waals surface area (Å²) in [7, 11) is 0. The van der Waals surface area contributed by atoms with E-state index < -0.39 is 5.97 Å². The average Bonchev–Trinajstić information content (AvgIpc) is 2.73. The van der Waals surface area contributed by atoms with Gasteiger partial charge in [0, 0.05) is 22.8 Å². The molecule has 150 valence electrons. The molecule has 0 aliphatic rings. The first kappa shape index (κ1) is 20.6. The number of hydrogen-bond donors (Lipinski definition) is 2. The molecular formula is C23H22ClNO4. The van der Waals surface area contributed by atoms with Crippen LogP contribution in [0.4, 0.5) is 5.69 Å². The molecule has 0 saturated carbocycles. The number of carboxylic acid groups (broad SMARTS) is 1. The van der Waals surface area contributed by atoms with Crippen LogP contribution in [-0.4, -0.2) is 17.7 Å². The lowest BCUT2D eigenvalue weighted by Crippen LogP contribution is -2.04. The number of nitrogens with one attached hydrogen (secondary N) is 1. The van der Waals surface area contributed by atoms with E-state index in [9.17, 15) is 4.79 Å². The second kappa shape index (κ2) is 9.85. The van der Waals surface area contributed by atoms with Gasteiger partial charge in [0.05, 0.1) is 12.2 Å². The second-order valence-corrected chi connectivity index (χ2v) is 6.74. The number of carbonyl (C=O) groups is 1. The fourth-order valence-corrected chi connectivity index (χ4v) is 2.98. The standard InChI is InChI=1S/C23H22ClNO4/c1-2-28-22-12-16(14-25-19-8-5-7-17(13-19)23(26)27)10-11-21(22)29-15-18-6-3-4-9-20(18)24/h3-13,25H,2,14-15H2,1H3,(H,26,27). The molecule has 0 aliphatic heterocycles. The highest BCUT2D eigenvalue weighted by Crippen LogP contribution is 2.30. The molecule has 29 heavy (non-hydrogen) atoms. The number of anilines is 1. The Hall–Kier alpha value is -3.18. The zero-order valence-corrected chi connectivity index (χ0v) is 16.8. The minimum absolute atomic E-state index is 0.244. The van der Waals surface area contributed by atoms with Gasteiger partial charge in [0.1, 0.15) is 6.61 Å². The Morgan fingerprint density at radius 2 is 1.83 bits per heavy atom. The SMILES string of the molecule is CCOc1cc(CNc2cccc(C(=O)O)c2)ccc1OCc1ccccc1Cl. The molecule has 0 spiro atoms. The minimum atomic E-state index is -0.952. The third kappa shape index (κ3) is 5.65. The Morgan fingerprint density at radius 1 is 1.00 bits per heavy atom. The fourth-order valence-electron chi connectivity index (χ4n) is 2.79. The van der Waals surface area contributed by atoms with Crippen LogP contribution in [0, 0.1) is 0 Å². The lowest BCUT2D eigenvalue weighted by molar-refractivity contribution is 0.0697. The van der Waals surface area contributed by atoms with Crippen LogP contribution in [0.1, 0.15) is 28.4 Å². The van der Waals surface area contributed by atoms with Crippen molar-refractivity contribution >= 4 is 23.3 Å². The zero-order chi connectivity index (χ0) is 20.6. The summed E-state index contributed by atoms with van der Waals surface area (Å²) < 4.78 is 11.7. The Kier molecular flexibility index (Phi) is 6.98. The van der Waals surface area contributed by atoms with Gasteiger partial charge in [-0.15, -0.1) is 0 Å². The van der Waals surface area contributed by atoms with Crippen LogP contribution in [0.3, 0.4) is 0 Å². The van der Waals surface area contributed by atoms with E-state index in [-0.39, 0.29) is 5.56 Å². The molecule has 0 bridgehead atoms. The topological polar surface area (TPSA) is 67.8 Å². The molecular weight excluding hydrogens is 390 g/mol. The van der Waals surface area contributed by atoms with E-state index in [1.54, 1.807) is 18.2 Å². The Labute approximate surface area is 174 Å². The molecule has 3 aromatic rings. The highest BCUT2D eigenvalue weighted by atomic mass is 35.5. The lowest BCUT2D eigenvalue weighted by atomic mass is 10.1. The maximum absolute atomic E-state index is 11.1. The summed E-state index contributed by atoms with van der Waals surface area (Å²) in [5.41, 5.74) is 2.87. The van der Waals surface area contributed by atoms with E-state index >= 15 is 0 Å². The third-order valence-electron chi connectivity index (χ3n) is 4.26. The first-order valence-corrected chi connectivity index (χ1v) is 9.63. The van der Waals surface area contributed by atoms with Crippen LogP contribution < -0.4 is 14.8 Å². The molecule has 3 aromatic carbocycles. The van der Waals surface area contributed by atoms with Crippen molar-refractivity contribution in [1.29, 1.82) is 0 Å². The van der Waals surface area contributed by atoms with Gasteiger partial charge in [0.15, 0.2) is 11.5 Å². The van der Waals surface area contributed by atoms with Crippen molar-refractivity contribution in [2.45, 2.75) is 20.1 Å². The number of halogens is 1. The summed E-state index contributed by atoms with van der Waals surface area (Å²) >= 11 is 6.19. The molecule has 0 heterocycles. The van der Waals surface area contributed by atoms with Gasteiger partial charge in [-0.2, -0.15) is 0 Å². The third-order valence-corrected chi connectivity index (χ3v) is 4.62. The number of benzene rings is 3. The van der Waals surface area contributed by atoms with E-state index in [2.05, 4.69) is 5.32 Å². The van der Waals surface area contributed by atoms with Gasteiger partial charge >= 0.3 is 5.97 Å². The van der Waals surface area contributed by atoms with Gasteiger partial charge in [0.25, 0.3) is 0 Å². The smallest absolute Gasteiger partial charge is 0.335 e. The molecule has 3 rings (SSSR count). The first-order chi connectivity index (χ1) is 14.1. The molecule has 0 radical (unpaired) electrons. The molecule has 2 N–H and O–H groups in total. The maximum Gasteiger partial charge on any atom is 0.335 e. The predicted octanol–water partition coefficient (Wildman–Crippen LogP) is 5.63. The molecule has 5 nitrogen and oxygen atoms in total. The van der Waals surface area contributed by atoms with Crippen molar-refractivity contribution in [1.82, 2.24) is 0 Å². The van der Waals surface area contributed by atoms with Crippen molar-refractivity contribution < 1.29 is 19.4 Å². The average molecular weight is 412 g/mol. The summed E-state index contributed by atoms with van der Waals surface area (Å²) in [6.45, 7) is 3.30. The van der Waals surface area contributed by atoms with Gasteiger partial charge in [-0.1, -0.05) is 41.9 Å². The minimum Gasteiger partial charge on any atom is -0.490 e. The van der Waals surface area contributed by atoms with Crippen LogP contribution in [0.25, 0.3) is 0 Å².